The fourth-order valence-corrected chi connectivity index (χ4v) is 6.28. The molecule has 3 rings (SSSR count). The molecule has 1 saturated heterocycles. The van der Waals surface area contributed by atoms with E-state index in [0.717, 1.165) is 24.5 Å². The summed E-state index contributed by atoms with van der Waals surface area (Å²) in [5.74, 6) is 0. The third-order valence-electron chi connectivity index (χ3n) is 4.18. The molecule has 0 radical (unpaired) electrons. The molecular weight excluding hydrogens is 401 g/mol. The predicted octanol–water partition coefficient (Wildman–Crippen LogP) is 3.65. The number of nitrogens with zero attached hydrogens (tertiary/aromatic N) is 3. The van der Waals surface area contributed by atoms with Gasteiger partial charge in [-0.05, 0) is 37.6 Å². The van der Waals surface area contributed by atoms with Crippen LogP contribution in [0.3, 0.4) is 0 Å². The van der Waals surface area contributed by atoms with Gasteiger partial charge in [0, 0.05) is 36.2 Å². The van der Waals surface area contributed by atoms with E-state index < -0.39 is 10.0 Å². The number of rotatable bonds is 4. The number of hydrogen-bond donors (Lipinski definition) is 0. The molecule has 0 N–H and O–H groups in total. The van der Waals surface area contributed by atoms with E-state index in [1.165, 1.54) is 10.4 Å². The maximum atomic E-state index is 13.1. The number of aryl methyl sites for hydroxylation is 1. The van der Waals surface area contributed by atoms with Gasteiger partial charge in [0.05, 0.1) is 11.6 Å². The topological polar surface area (TPSA) is 53.5 Å². The number of hydrogen-bond acceptors (Lipinski definition) is 5. The van der Waals surface area contributed by atoms with Gasteiger partial charge in [0.25, 0.3) is 0 Å². The van der Waals surface area contributed by atoms with E-state index in [9.17, 15) is 8.42 Å². The molecule has 1 aromatic carbocycles. The molecule has 0 amide bonds. The third kappa shape index (κ3) is 4.35. The van der Waals surface area contributed by atoms with Gasteiger partial charge in [-0.3, -0.25) is 4.90 Å². The number of sulfonamides is 1. The second-order valence-electron chi connectivity index (χ2n) is 5.99. The second-order valence-corrected chi connectivity index (χ2v) is 9.69. The molecule has 0 atom stereocenters. The molecule has 25 heavy (non-hydrogen) atoms. The summed E-state index contributed by atoms with van der Waals surface area (Å²) in [5.41, 5.74) is 0.571. The summed E-state index contributed by atoms with van der Waals surface area (Å²) in [7, 11) is -3.65. The molecule has 1 aliphatic heterocycles. The van der Waals surface area contributed by atoms with Crippen LogP contribution in [0.2, 0.25) is 10.0 Å². The Labute approximate surface area is 162 Å². The Hall–Kier alpha value is -0.700. The van der Waals surface area contributed by atoms with Gasteiger partial charge in [0.2, 0.25) is 10.0 Å². The molecule has 0 bridgehead atoms. The Morgan fingerprint density at radius 1 is 1.20 bits per heavy atom. The van der Waals surface area contributed by atoms with Gasteiger partial charge in [0.15, 0.2) is 0 Å². The van der Waals surface area contributed by atoms with Crippen LogP contribution < -0.4 is 0 Å². The van der Waals surface area contributed by atoms with Crippen LogP contribution in [0, 0.1) is 6.92 Å². The quantitative estimate of drug-likeness (QED) is 0.758. The highest BCUT2D eigenvalue weighted by molar-refractivity contribution is 7.89. The van der Waals surface area contributed by atoms with Crippen molar-refractivity contribution in [2.75, 3.05) is 26.2 Å². The Kier molecular flexibility index (Phi) is 6.03. The zero-order chi connectivity index (χ0) is 18.0. The molecule has 0 aliphatic carbocycles. The van der Waals surface area contributed by atoms with Gasteiger partial charge in [0.1, 0.15) is 9.90 Å². The molecular formula is C16H19Cl2N3O2S2. The standard InChI is InChI=1S/C16H19Cl2N3O2S2/c1-12-9-13(17)10-14(18)16(12)25(22,23)21-5-2-4-20(6-7-21)11-15-19-3-8-24-15/h3,8-10H,2,4-7,11H2,1H3. The van der Waals surface area contributed by atoms with Gasteiger partial charge < -0.3 is 0 Å². The fourth-order valence-electron chi connectivity index (χ4n) is 3.01. The average molecular weight is 420 g/mol. The van der Waals surface area contributed by atoms with Crippen LogP contribution in [0.1, 0.15) is 17.0 Å². The Bertz CT molecular complexity index is 818. The first-order valence-corrected chi connectivity index (χ1v) is 11.0. The van der Waals surface area contributed by atoms with Crippen molar-refractivity contribution in [3.8, 4) is 0 Å². The molecule has 9 heteroatoms. The maximum absolute atomic E-state index is 13.1. The minimum absolute atomic E-state index is 0.159. The highest BCUT2D eigenvalue weighted by atomic mass is 35.5. The van der Waals surface area contributed by atoms with Gasteiger partial charge in [-0.1, -0.05) is 23.2 Å². The van der Waals surface area contributed by atoms with Crippen LogP contribution in [0.4, 0.5) is 0 Å². The van der Waals surface area contributed by atoms with Crippen molar-refractivity contribution in [1.29, 1.82) is 0 Å². The molecule has 2 aromatic rings. The molecule has 136 valence electrons. The Balaban J connectivity index is 1.77. The SMILES string of the molecule is Cc1cc(Cl)cc(Cl)c1S(=O)(=O)N1CCCN(Cc2nccs2)CC1. The van der Waals surface area contributed by atoms with Gasteiger partial charge >= 0.3 is 0 Å². The monoisotopic (exact) mass is 419 g/mol. The van der Waals surface area contributed by atoms with Gasteiger partial charge in [-0.25, -0.2) is 13.4 Å². The van der Waals surface area contributed by atoms with Crippen molar-refractivity contribution in [3.05, 3.63) is 44.3 Å². The summed E-state index contributed by atoms with van der Waals surface area (Å²) >= 11 is 13.8. The molecule has 1 aromatic heterocycles. The summed E-state index contributed by atoms with van der Waals surface area (Å²) in [6, 6.07) is 3.11. The molecule has 2 heterocycles. The van der Waals surface area contributed by atoms with Crippen LogP contribution in [0.5, 0.6) is 0 Å². The normalized spacial score (nSPS) is 17.6. The van der Waals surface area contributed by atoms with Crippen molar-refractivity contribution < 1.29 is 8.42 Å². The summed E-state index contributed by atoms with van der Waals surface area (Å²) < 4.78 is 27.7. The lowest BCUT2D eigenvalue weighted by molar-refractivity contribution is 0.278. The molecule has 1 aliphatic rings. The fraction of sp³-hybridized carbons (Fsp3) is 0.438. The highest BCUT2D eigenvalue weighted by Crippen LogP contribution is 2.31. The van der Waals surface area contributed by atoms with Crippen LogP contribution in [-0.2, 0) is 16.6 Å². The van der Waals surface area contributed by atoms with Crippen molar-refractivity contribution in [1.82, 2.24) is 14.2 Å². The number of thiazole rings is 1. The van der Waals surface area contributed by atoms with Crippen LogP contribution in [0.25, 0.3) is 0 Å². The van der Waals surface area contributed by atoms with E-state index in [2.05, 4.69) is 9.88 Å². The first-order valence-electron chi connectivity index (χ1n) is 7.94. The van der Waals surface area contributed by atoms with Gasteiger partial charge in [-0.2, -0.15) is 4.31 Å². The zero-order valence-electron chi connectivity index (χ0n) is 13.8. The molecule has 5 nitrogen and oxygen atoms in total. The second kappa shape index (κ2) is 7.90. The lowest BCUT2D eigenvalue weighted by atomic mass is 10.2. The summed E-state index contributed by atoms with van der Waals surface area (Å²) in [4.78, 5) is 6.70. The highest BCUT2D eigenvalue weighted by Gasteiger charge is 2.30. The van der Waals surface area contributed by atoms with Gasteiger partial charge in [-0.15, -0.1) is 11.3 Å². The minimum atomic E-state index is -3.65. The summed E-state index contributed by atoms with van der Waals surface area (Å²) in [6.45, 7) is 4.91. The molecule has 0 spiro atoms. The molecule has 1 fully saturated rings. The van der Waals surface area contributed by atoms with E-state index >= 15 is 0 Å². The number of aromatic nitrogens is 1. The average Bonchev–Trinajstić information content (AvgIpc) is 2.89. The number of benzene rings is 1. The predicted molar refractivity (Wildman–Crippen MR) is 102 cm³/mol. The van der Waals surface area contributed by atoms with E-state index in [1.54, 1.807) is 30.5 Å². The Morgan fingerprint density at radius 3 is 2.68 bits per heavy atom. The van der Waals surface area contributed by atoms with E-state index in [0.29, 0.717) is 30.2 Å². The zero-order valence-corrected chi connectivity index (χ0v) is 16.9. The largest absolute Gasteiger partial charge is 0.295 e. The van der Waals surface area contributed by atoms with E-state index in [1.807, 2.05) is 5.38 Å². The first kappa shape index (κ1) is 19.1. The summed E-state index contributed by atoms with van der Waals surface area (Å²) in [6.07, 6.45) is 2.56. The van der Waals surface area contributed by atoms with Crippen molar-refractivity contribution in [2.24, 2.45) is 0 Å². The van der Waals surface area contributed by atoms with E-state index in [4.69, 9.17) is 23.2 Å². The van der Waals surface area contributed by atoms with Crippen LogP contribution in [-0.4, -0.2) is 48.8 Å². The van der Waals surface area contributed by atoms with Crippen molar-refractivity contribution in [2.45, 2.75) is 24.8 Å². The Morgan fingerprint density at radius 2 is 2.00 bits per heavy atom. The van der Waals surface area contributed by atoms with Crippen LogP contribution in [0.15, 0.2) is 28.6 Å². The number of halogens is 2. The molecule has 0 unspecified atom stereocenters. The summed E-state index contributed by atoms with van der Waals surface area (Å²) in [5, 5.41) is 3.61. The van der Waals surface area contributed by atoms with E-state index in [-0.39, 0.29) is 9.92 Å². The van der Waals surface area contributed by atoms with Crippen molar-refractivity contribution >= 4 is 44.6 Å². The van der Waals surface area contributed by atoms with Crippen LogP contribution >= 0.6 is 34.5 Å². The molecule has 0 saturated carbocycles. The lowest BCUT2D eigenvalue weighted by Gasteiger charge is -2.22. The smallest absolute Gasteiger partial charge is 0.244 e. The van der Waals surface area contributed by atoms with Crippen molar-refractivity contribution in [3.63, 3.8) is 0 Å². The minimum Gasteiger partial charge on any atom is -0.295 e. The lowest BCUT2D eigenvalue weighted by Crippen LogP contribution is -2.35. The third-order valence-corrected chi connectivity index (χ3v) is 7.68. The maximum Gasteiger partial charge on any atom is 0.244 e. The first-order chi connectivity index (χ1) is 11.9.